The number of carbonyl (C=O) groups is 1. The number of halogens is 3. The highest BCUT2D eigenvalue weighted by atomic mass is 80.0. The summed E-state index contributed by atoms with van der Waals surface area (Å²) in [6, 6.07) is 0. The third-order valence-electron chi connectivity index (χ3n) is 2.91. The minimum Gasteiger partial charge on any atom is -0.457 e. The molecule has 1 saturated heterocycles. The number of nitrogens with one attached hydrogen (secondary N) is 1. The number of ether oxygens (including phenoxy) is 1. The fourth-order valence-corrected chi connectivity index (χ4v) is 2.14. The topological polar surface area (TPSA) is 38.3 Å². The van der Waals surface area contributed by atoms with Crippen LogP contribution in [0.1, 0.15) is 26.7 Å². The van der Waals surface area contributed by atoms with Gasteiger partial charge < -0.3 is 10.1 Å². The maximum absolute atomic E-state index is 11.7. The van der Waals surface area contributed by atoms with Crippen LogP contribution < -0.4 is 5.32 Å². The molecule has 0 radical (unpaired) electrons. The molecule has 0 unspecified atom stereocenters. The summed E-state index contributed by atoms with van der Waals surface area (Å²) in [7, 11) is 0. The summed E-state index contributed by atoms with van der Waals surface area (Å²) in [6.45, 7) is 5.93. The van der Waals surface area contributed by atoms with E-state index in [4.69, 9.17) is 4.74 Å². The Kier molecular flexibility index (Phi) is 5.29. The van der Waals surface area contributed by atoms with Crippen molar-refractivity contribution >= 4 is 53.8 Å². The Morgan fingerprint density at radius 1 is 1.25 bits per heavy atom. The van der Waals surface area contributed by atoms with Crippen molar-refractivity contribution in [3.63, 3.8) is 0 Å². The van der Waals surface area contributed by atoms with Crippen molar-refractivity contribution < 1.29 is 9.53 Å². The molecule has 94 valence electrons. The molecule has 0 spiro atoms. The molecule has 0 atom stereocenters. The van der Waals surface area contributed by atoms with Crippen LogP contribution in [0.4, 0.5) is 0 Å². The van der Waals surface area contributed by atoms with Crippen LogP contribution in [0.25, 0.3) is 0 Å². The lowest BCUT2D eigenvalue weighted by Crippen LogP contribution is -2.44. The minimum atomic E-state index is -0.975. The lowest BCUT2D eigenvalue weighted by atomic mass is 9.83. The molecule has 0 aromatic rings. The van der Waals surface area contributed by atoms with Crippen LogP contribution >= 0.6 is 47.8 Å². The molecule has 1 aliphatic rings. The third kappa shape index (κ3) is 4.27. The average Bonchev–Trinajstić information content (AvgIpc) is 2.17. The molecule has 0 bridgehead atoms. The van der Waals surface area contributed by atoms with Gasteiger partial charge in [-0.25, -0.2) is 4.79 Å². The van der Waals surface area contributed by atoms with E-state index in [1.54, 1.807) is 0 Å². The molecule has 0 saturated carbocycles. The summed E-state index contributed by atoms with van der Waals surface area (Å²) in [5.74, 6) is 0.0589. The molecule has 3 nitrogen and oxygen atoms in total. The van der Waals surface area contributed by atoms with Crippen LogP contribution in [0.15, 0.2) is 0 Å². The van der Waals surface area contributed by atoms with Crippen LogP contribution in [0.2, 0.25) is 0 Å². The zero-order chi connectivity index (χ0) is 12.4. The molecule has 0 aliphatic carbocycles. The number of esters is 1. The predicted octanol–water partition coefficient (Wildman–Crippen LogP) is 3.15. The number of alkyl halides is 3. The van der Waals surface area contributed by atoms with E-state index < -0.39 is 7.74 Å². The maximum Gasteiger partial charge on any atom is 0.345 e. The number of carbonyl (C=O) groups excluding carboxylic acids is 1. The van der Waals surface area contributed by atoms with E-state index in [-0.39, 0.29) is 5.97 Å². The highest BCUT2D eigenvalue weighted by molar-refractivity contribution is 9.40. The van der Waals surface area contributed by atoms with Crippen LogP contribution in [-0.4, -0.2) is 26.8 Å². The number of piperidine rings is 1. The third-order valence-corrected chi connectivity index (χ3v) is 3.88. The van der Waals surface area contributed by atoms with Crippen molar-refractivity contribution in [1.29, 1.82) is 0 Å². The summed E-state index contributed by atoms with van der Waals surface area (Å²) in [4.78, 5) is 11.7. The Hall–Kier alpha value is 0.870. The van der Waals surface area contributed by atoms with E-state index in [0.29, 0.717) is 5.92 Å². The van der Waals surface area contributed by atoms with Gasteiger partial charge >= 0.3 is 5.97 Å². The number of hydrogen-bond acceptors (Lipinski definition) is 3. The normalized spacial score (nSPS) is 19.6. The molecular formula is C10H16Br3NO2. The summed E-state index contributed by atoms with van der Waals surface area (Å²) < 4.78 is 4.56. The van der Waals surface area contributed by atoms with E-state index in [9.17, 15) is 4.79 Å². The molecular weight excluding hydrogens is 406 g/mol. The van der Waals surface area contributed by atoms with E-state index in [0.717, 1.165) is 25.9 Å². The summed E-state index contributed by atoms with van der Waals surface area (Å²) in [6.07, 6.45) is 2.08. The lowest BCUT2D eigenvalue weighted by molar-refractivity contribution is -0.160. The number of hydrogen-bond donors (Lipinski definition) is 1. The van der Waals surface area contributed by atoms with Gasteiger partial charge in [-0.3, -0.25) is 0 Å². The van der Waals surface area contributed by atoms with Gasteiger partial charge in [-0.05, 0) is 87.6 Å². The highest BCUT2D eigenvalue weighted by Crippen LogP contribution is 2.38. The van der Waals surface area contributed by atoms with Gasteiger partial charge in [0.05, 0.1) is 0 Å². The first-order valence-electron chi connectivity index (χ1n) is 5.24. The molecule has 16 heavy (non-hydrogen) atoms. The largest absolute Gasteiger partial charge is 0.457 e. The van der Waals surface area contributed by atoms with Gasteiger partial charge in [0, 0.05) is 5.92 Å². The Balaban J connectivity index is 2.59. The van der Waals surface area contributed by atoms with Gasteiger partial charge in [-0.1, -0.05) is 0 Å². The van der Waals surface area contributed by atoms with Crippen LogP contribution in [0.5, 0.6) is 0 Å². The fraction of sp³-hybridized carbons (Fsp3) is 0.900. The van der Waals surface area contributed by atoms with Crippen LogP contribution in [0, 0.1) is 5.92 Å². The SMILES string of the molecule is CC(C)(OC(=O)C(Br)(Br)Br)C1CCNCC1. The molecule has 0 amide bonds. The molecule has 0 aromatic heterocycles. The van der Waals surface area contributed by atoms with Crippen molar-refractivity contribution in [2.24, 2.45) is 5.92 Å². The summed E-state index contributed by atoms with van der Waals surface area (Å²) in [5.41, 5.74) is -0.431. The van der Waals surface area contributed by atoms with Gasteiger partial charge in [-0.2, -0.15) is 0 Å². The van der Waals surface area contributed by atoms with Gasteiger partial charge in [0.1, 0.15) is 5.60 Å². The van der Waals surface area contributed by atoms with Crippen LogP contribution in [0.3, 0.4) is 0 Å². The fourth-order valence-electron chi connectivity index (χ4n) is 1.90. The van der Waals surface area contributed by atoms with E-state index in [1.807, 2.05) is 13.8 Å². The van der Waals surface area contributed by atoms with Crippen molar-refractivity contribution in [3.8, 4) is 0 Å². The second kappa shape index (κ2) is 5.67. The molecule has 1 heterocycles. The average molecular weight is 422 g/mol. The molecule has 1 rings (SSSR count). The van der Waals surface area contributed by atoms with Crippen molar-refractivity contribution in [3.05, 3.63) is 0 Å². The van der Waals surface area contributed by atoms with Gasteiger partial charge in [-0.15, -0.1) is 0 Å². The zero-order valence-corrected chi connectivity index (χ0v) is 14.1. The summed E-state index contributed by atoms with van der Waals surface area (Å²) >= 11 is 9.50. The van der Waals surface area contributed by atoms with Gasteiger partial charge in [0.15, 0.2) is 0 Å². The molecule has 1 N–H and O–H groups in total. The van der Waals surface area contributed by atoms with Crippen molar-refractivity contribution in [2.75, 3.05) is 13.1 Å². The van der Waals surface area contributed by atoms with Gasteiger partial charge in [0.25, 0.3) is 0 Å². The maximum atomic E-state index is 11.7. The second-order valence-electron chi connectivity index (χ2n) is 4.52. The zero-order valence-electron chi connectivity index (χ0n) is 9.36. The Morgan fingerprint density at radius 3 is 2.19 bits per heavy atom. The molecule has 1 fully saturated rings. The second-order valence-corrected chi connectivity index (χ2v) is 11.3. The Labute approximate surface area is 121 Å². The van der Waals surface area contributed by atoms with E-state index in [2.05, 4.69) is 53.1 Å². The Morgan fingerprint density at radius 2 is 1.75 bits per heavy atom. The first-order valence-corrected chi connectivity index (χ1v) is 7.62. The van der Waals surface area contributed by atoms with Crippen molar-refractivity contribution in [2.45, 2.75) is 34.4 Å². The minimum absolute atomic E-state index is 0.351. The van der Waals surface area contributed by atoms with Crippen LogP contribution in [-0.2, 0) is 9.53 Å². The first-order chi connectivity index (χ1) is 7.23. The standard InChI is InChI=1S/C10H16Br3NO2/c1-9(2,7-3-5-14-6-4-7)16-8(15)10(11,12)13/h7,14H,3-6H2,1-2H3. The first kappa shape index (κ1) is 14.9. The quantitative estimate of drug-likeness (QED) is 0.550. The monoisotopic (exact) mass is 419 g/mol. The van der Waals surface area contributed by atoms with E-state index in [1.165, 1.54) is 0 Å². The predicted molar refractivity (Wildman–Crippen MR) is 75.3 cm³/mol. The van der Waals surface area contributed by atoms with Crippen molar-refractivity contribution in [1.82, 2.24) is 5.32 Å². The smallest absolute Gasteiger partial charge is 0.345 e. The molecule has 6 heteroatoms. The van der Waals surface area contributed by atoms with E-state index >= 15 is 0 Å². The lowest BCUT2D eigenvalue weighted by Gasteiger charge is -2.37. The highest BCUT2D eigenvalue weighted by Gasteiger charge is 2.39. The number of rotatable bonds is 2. The summed E-state index contributed by atoms with van der Waals surface area (Å²) in [5, 5.41) is 3.30. The Bertz CT molecular complexity index is 257. The molecule has 0 aromatic carbocycles. The molecule has 1 aliphatic heterocycles. The van der Waals surface area contributed by atoms with Gasteiger partial charge in [0.2, 0.25) is 2.14 Å².